The molecule has 1 fully saturated rings. The topological polar surface area (TPSA) is 33.2 Å². The third kappa shape index (κ3) is 1.91. The Bertz CT molecular complexity index is 386. The van der Waals surface area contributed by atoms with Crippen molar-refractivity contribution in [3.63, 3.8) is 0 Å². The van der Waals surface area contributed by atoms with Gasteiger partial charge in [0.2, 0.25) is 0 Å². The molecule has 0 saturated carbocycles. The van der Waals surface area contributed by atoms with Crippen molar-refractivity contribution in [2.24, 2.45) is 0 Å². The predicted molar refractivity (Wildman–Crippen MR) is 62.9 cm³/mol. The second kappa shape index (κ2) is 3.93. The summed E-state index contributed by atoms with van der Waals surface area (Å²) < 4.78 is 0. The van der Waals surface area contributed by atoms with Crippen LogP contribution in [0.1, 0.15) is 42.1 Å². The largest absolute Gasteiger partial charge is 0.345 e. The van der Waals surface area contributed by atoms with Gasteiger partial charge in [0.1, 0.15) is 0 Å². The standard InChI is InChI=1S/C11H16N2OS/c1-7-5-4-6-13(7)11-12-8(2)10(15-11)9(3)14/h7H,4-6H2,1-3H3. The highest BCUT2D eigenvalue weighted by atomic mass is 32.1. The monoisotopic (exact) mass is 224 g/mol. The van der Waals surface area contributed by atoms with Crippen molar-refractivity contribution >= 4 is 22.3 Å². The van der Waals surface area contributed by atoms with E-state index in [9.17, 15) is 4.79 Å². The molecule has 0 aromatic carbocycles. The van der Waals surface area contributed by atoms with Gasteiger partial charge in [-0.15, -0.1) is 0 Å². The summed E-state index contributed by atoms with van der Waals surface area (Å²) in [6.45, 7) is 6.82. The van der Waals surface area contributed by atoms with Crippen LogP contribution in [0.15, 0.2) is 0 Å². The van der Waals surface area contributed by atoms with E-state index in [1.807, 2.05) is 6.92 Å². The fourth-order valence-electron chi connectivity index (χ4n) is 2.05. The number of hydrogen-bond acceptors (Lipinski definition) is 4. The number of rotatable bonds is 2. The van der Waals surface area contributed by atoms with E-state index < -0.39 is 0 Å². The average Bonchev–Trinajstić information content (AvgIpc) is 2.71. The molecule has 0 amide bonds. The van der Waals surface area contributed by atoms with Crippen LogP contribution in [-0.4, -0.2) is 23.4 Å². The summed E-state index contributed by atoms with van der Waals surface area (Å²) in [5.74, 6) is 0.128. The number of carbonyl (C=O) groups excluding carboxylic acids is 1. The minimum Gasteiger partial charge on any atom is -0.345 e. The van der Waals surface area contributed by atoms with E-state index in [1.54, 1.807) is 6.92 Å². The fraction of sp³-hybridized carbons (Fsp3) is 0.636. The summed E-state index contributed by atoms with van der Waals surface area (Å²) in [7, 11) is 0. The highest BCUT2D eigenvalue weighted by Gasteiger charge is 2.24. The summed E-state index contributed by atoms with van der Waals surface area (Å²) >= 11 is 1.53. The lowest BCUT2D eigenvalue weighted by atomic mass is 10.2. The first kappa shape index (κ1) is 10.6. The van der Waals surface area contributed by atoms with Crippen molar-refractivity contribution in [2.75, 3.05) is 11.4 Å². The molecule has 1 aromatic heterocycles. The molecule has 15 heavy (non-hydrogen) atoms. The molecule has 3 nitrogen and oxygen atoms in total. The van der Waals surface area contributed by atoms with Crippen molar-refractivity contribution in [1.29, 1.82) is 0 Å². The maximum absolute atomic E-state index is 11.3. The summed E-state index contributed by atoms with van der Waals surface area (Å²) in [5, 5.41) is 1.02. The minimum absolute atomic E-state index is 0.128. The van der Waals surface area contributed by atoms with Crippen molar-refractivity contribution in [2.45, 2.75) is 39.7 Å². The molecule has 1 aliphatic rings. The first-order valence-corrected chi connectivity index (χ1v) is 6.16. The van der Waals surface area contributed by atoms with Crippen molar-refractivity contribution in [1.82, 2.24) is 4.98 Å². The molecule has 0 aliphatic carbocycles. The predicted octanol–water partition coefficient (Wildman–Crippen LogP) is 2.64. The van der Waals surface area contributed by atoms with Gasteiger partial charge in [0, 0.05) is 19.5 Å². The van der Waals surface area contributed by atoms with Crippen LogP contribution < -0.4 is 4.90 Å². The van der Waals surface area contributed by atoms with E-state index in [2.05, 4.69) is 16.8 Å². The van der Waals surface area contributed by atoms with Gasteiger partial charge in [-0.2, -0.15) is 0 Å². The summed E-state index contributed by atoms with van der Waals surface area (Å²) in [6.07, 6.45) is 2.46. The highest BCUT2D eigenvalue weighted by molar-refractivity contribution is 7.17. The summed E-state index contributed by atoms with van der Waals surface area (Å²) in [5.41, 5.74) is 0.876. The second-order valence-corrected chi connectivity index (χ2v) is 5.13. The fourth-order valence-corrected chi connectivity index (χ4v) is 3.14. The maximum atomic E-state index is 11.3. The third-order valence-electron chi connectivity index (χ3n) is 2.90. The van der Waals surface area contributed by atoms with Gasteiger partial charge >= 0.3 is 0 Å². The zero-order valence-electron chi connectivity index (χ0n) is 9.41. The minimum atomic E-state index is 0.128. The number of Topliss-reactive ketones (excluding diaryl/α,β-unsaturated/α-hetero) is 1. The molecule has 1 aliphatic heterocycles. The number of nitrogens with zero attached hydrogens (tertiary/aromatic N) is 2. The summed E-state index contributed by atoms with van der Waals surface area (Å²) in [6, 6.07) is 0.565. The molecule has 2 rings (SSSR count). The maximum Gasteiger partial charge on any atom is 0.186 e. The second-order valence-electron chi connectivity index (χ2n) is 4.15. The summed E-state index contributed by atoms with van der Waals surface area (Å²) in [4.78, 5) is 18.9. The Morgan fingerprint density at radius 3 is 2.80 bits per heavy atom. The number of ketones is 1. The molecule has 4 heteroatoms. The van der Waals surface area contributed by atoms with Crippen molar-refractivity contribution < 1.29 is 4.79 Å². The SMILES string of the molecule is CC(=O)c1sc(N2CCCC2C)nc1C. The number of anilines is 1. The van der Waals surface area contributed by atoms with Gasteiger partial charge in [0.05, 0.1) is 10.6 Å². The van der Waals surface area contributed by atoms with Crippen LogP contribution in [0, 0.1) is 6.92 Å². The molecule has 0 bridgehead atoms. The van der Waals surface area contributed by atoms with Gasteiger partial charge in [-0.05, 0) is 26.7 Å². The number of aryl methyl sites for hydroxylation is 1. The van der Waals surface area contributed by atoms with Crippen LogP contribution >= 0.6 is 11.3 Å². The Kier molecular flexibility index (Phi) is 2.78. The number of hydrogen-bond donors (Lipinski definition) is 0. The van der Waals surface area contributed by atoms with Crippen LogP contribution in [0.4, 0.5) is 5.13 Å². The van der Waals surface area contributed by atoms with Gasteiger partial charge in [0.25, 0.3) is 0 Å². The highest BCUT2D eigenvalue weighted by Crippen LogP contribution is 2.31. The van der Waals surface area contributed by atoms with E-state index in [-0.39, 0.29) is 5.78 Å². The molecule has 0 N–H and O–H groups in total. The van der Waals surface area contributed by atoms with E-state index >= 15 is 0 Å². The molecule has 1 saturated heterocycles. The Morgan fingerprint density at radius 2 is 2.33 bits per heavy atom. The third-order valence-corrected chi connectivity index (χ3v) is 4.20. The molecule has 2 heterocycles. The molecule has 82 valence electrons. The van der Waals surface area contributed by atoms with Gasteiger partial charge in [-0.1, -0.05) is 11.3 Å². The van der Waals surface area contributed by atoms with Crippen LogP contribution in [0.25, 0.3) is 0 Å². The lowest BCUT2D eigenvalue weighted by Crippen LogP contribution is -2.25. The first-order chi connectivity index (χ1) is 7.09. The smallest absolute Gasteiger partial charge is 0.186 e. The quantitative estimate of drug-likeness (QED) is 0.724. The van der Waals surface area contributed by atoms with Crippen molar-refractivity contribution in [3.05, 3.63) is 10.6 Å². The van der Waals surface area contributed by atoms with Gasteiger partial charge in [-0.25, -0.2) is 4.98 Å². The Hall–Kier alpha value is -0.900. The first-order valence-electron chi connectivity index (χ1n) is 5.34. The molecule has 1 unspecified atom stereocenters. The zero-order chi connectivity index (χ0) is 11.0. The molecule has 1 atom stereocenters. The van der Waals surface area contributed by atoms with Crippen LogP contribution in [0.5, 0.6) is 0 Å². The average molecular weight is 224 g/mol. The van der Waals surface area contributed by atoms with Crippen LogP contribution in [0.3, 0.4) is 0 Å². The van der Waals surface area contributed by atoms with Crippen molar-refractivity contribution in [3.8, 4) is 0 Å². The normalized spacial score (nSPS) is 21.0. The molecule has 1 aromatic rings. The van der Waals surface area contributed by atoms with E-state index in [0.29, 0.717) is 6.04 Å². The number of thiazole rings is 1. The molecule has 0 radical (unpaired) electrons. The van der Waals surface area contributed by atoms with Crippen LogP contribution in [-0.2, 0) is 0 Å². The van der Waals surface area contributed by atoms with Gasteiger partial charge in [-0.3, -0.25) is 4.79 Å². The van der Waals surface area contributed by atoms with E-state index in [4.69, 9.17) is 0 Å². The van der Waals surface area contributed by atoms with E-state index in [0.717, 1.165) is 22.2 Å². The molecular formula is C11H16N2OS. The van der Waals surface area contributed by atoms with Gasteiger partial charge in [0.15, 0.2) is 10.9 Å². The number of carbonyl (C=O) groups is 1. The molecular weight excluding hydrogens is 208 g/mol. The Labute approximate surface area is 94.1 Å². The lowest BCUT2D eigenvalue weighted by molar-refractivity contribution is 0.102. The Balaban J connectivity index is 2.29. The number of aromatic nitrogens is 1. The van der Waals surface area contributed by atoms with Gasteiger partial charge < -0.3 is 4.90 Å². The Morgan fingerprint density at radius 1 is 1.60 bits per heavy atom. The van der Waals surface area contributed by atoms with E-state index in [1.165, 1.54) is 24.2 Å². The molecule has 0 spiro atoms. The zero-order valence-corrected chi connectivity index (χ0v) is 10.2. The lowest BCUT2D eigenvalue weighted by Gasteiger charge is -2.19. The van der Waals surface area contributed by atoms with Crippen LogP contribution in [0.2, 0.25) is 0 Å².